The van der Waals surface area contributed by atoms with Crippen molar-refractivity contribution in [1.29, 1.82) is 0 Å². The molecule has 1 fully saturated rings. The van der Waals surface area contributed by atoms with E-state index in [1.165, 1.54) is 27.0 Å². The highest BCUT2D eigenvalue weighted by Gasteiger charge is 2.61. The fraction of sp³-hybridized carbons (Fsp3) is 0.500. The van der Waals surface area contributed by atoms with Gasteiger partial charge >= 0.3 is 5.97 Å². The zero-order valence-corrected chi connectivity index (χ0v) is 13.7. The van der Waals surface area contributed by atoms with E-state index in [0.29, 0.717) is 0 Å². The van der Waals surface area contributed by atoms with Crippen molar-refractivity contribution in [3.63, 3.8) is 0 Å². The summed E-state index contributed by atoms with van der Waals surface area (Å²) in [6.45, 7) is 4.25. The van der Waals surface area contributed by atoms with Gasteiger partial charge < -0.3 is 20.1 Å². The standard InChI is InChI=1S/C14H18N2O6S/c1-7(17)15-4-5-23(22)9-6-8-10(14(2,3)21)12(18)16(8)11(9)13(19)20/h4-5,8,10,21H,6H2,1-3H3,(H,15,17)(H,19,20)/b5-4+/t8-,10+,23?/m1/s1. The van der Waals surface area contributed by atoms with Crippen molar-refractivity contribution in [3.8, 4) is 0 Å². The molecule has 0 radical (unpaired) electrons. The van der Waals surface area contributed by atoms with Gasteiger partial charge in [-0.2, -0.15) is 0 Å². The second-order valence-corrected chi connectivity index (χ2v) is 7.35. The number of rotatable bonds is 5. The predicted octanol–water partition coefficient (Wildman–Crippen LogP) is -0.360. The Bertz CT molecular complexity index is 621. The Hall–Kier alpha value is -1.84. The van der Waals surface area contributed by atoms with Crippen molar-refractivity contribution in [2.45, 2.75) is 38.8 Å². The quantitative estimate of drug-likeness (QED) is 0.462. The number of hydrogen-bond acceptors (Lipinski definition) is 5. The Labute approximate surface area is 136 Å². The van der Waals surface area contributed by atoms with Crippen LogP contribution in [0.1, 0.15) is 27.2 Å². The van der Waals surface area contributed by atoms with E-state index in [-0.39, 0.29) is 22.9 Å². The molecule has 0 bridgehead atoms. The summed E-state index contributed by atoms with van der Waals surface area (Å²) in [5.74, 6) is -2.91. The number of aliphatic hydroxyl groups is 1. The first-order valence-corrected chi connectivity index (χ1v) is 8.13. The Morgan fingerprint density at radius 1 is 1.48 bits per heavy atom. The van der Waals surface area contributed by atoms with Crippen LogP contribution in [0.5, 0.6) is 0 Å². The lowest BCUT2D eigenvalue weighted by atomic mass is 9.76. The van der Waals surface area contributed by atoms with Crippen LogP contribution in [0.4, 0.5) is 0 Å². The zero-order chi connectivity index (χ0) is 17.5. The molecule has 9 heteroatoms. The molecule has 1 unspecified atom stereocenters. The van der Waals surface area contributed by atoms with E-state index in [4.69, 9.17) is 0 Å². The second-order valence-electron chi connectivity index (χ2n) is 5.99. The Morgan fingerprint density at radius 3 is 2.57 bits per heavy atom. The monoisotopic (exact) mass is 342 g/mol. The molecule has 2 heterocycles. The van der Waals surface area contributed by atoms with Gasteiger partial charge in [-0.3, -0.25) is 14.5 Å². The number of carboxylic acid groups (broad SMARTS) is 1. The number of carbonyl (C=O) groups excluding carboxylic acids is 2. The van der Waals surface area contributed by atoms with Crippen LogP contribution in [0, 0.1) is 5.92 Å². The van der Waals surface area contributed by atoms with Crippen molar-refractivity contribution < 1.29 is 29.1 Å². The van der Waals surface area contributed by atoms with Crippen molar-refractivity contribution >= 4 is 29.0 Å². The summed E-state index contributed by atoms with van der Waals surface area (Å²) in [7, 11) is 0. The lowest BCUT2D eigenvalue weighted by molar-refractivity contribution is -0.169. The van der Waals surface area contributed by atoms with Gasteiger partial charge in [-0.15, -0.1) is 0 Å². The highest BCUT2D eigenvalue weighted by molar-refractivity contribution is 7.98. The summed E-state index contributed by atoms with van der Waals surface area (Å²) >= 11 is -1.79. The molecule has 0 aliphatic carbocycles. The van der Waals surface area contributed by atoms with Crippen molar-refractivity contribution in [1.82, 2.24) is 10.2 Å². The molecule has 1 saturated heterocycles. The fourth-order valence-electron chi connectivity index (χ4n) is 2.92. The Kier molecular flexibility index (Phi) is 4.56. The summed E-state index contributed by atoms with van der Waals surface area (Å²) in [5, 5.41) is 22.9. The largest absolute Gasteiger partial charge is 0.607 e. The number of amides is 2. The second kappa shape index (κ2) is 5.99. The molecule has 0 spiro atoms. The third-order valence-electron chi connectivity index (χ3n) is 3.80. The smallest absolute Gasteiger partial charge is 0.357 e. The Morgan fingerprint density at radius 2 is 2.09 bits per heavy atom. The predicted molar refractivity (Wildman–Crippen MR) is 80.8 cm³/mol. The summed E-state index contributed by atoms with van der Waals surface area (Å²) in [6, 6.07) is -0.512. The maximum absolute atomic E-state index is 12.3. The number of fused-ring (bicyclic) bond motifs is 1. The van der Waals surface area contributed by atoms with Crippen LogP contribution in [0.15, 0.2) is 22.2 Å². The lowest BCUT2D eigenvalue weighted by Gasteiger charge is -2.47. The lowest BCUT2D eigenvalue weighted by Crippen LogP contribution is -2.65. The SMILES string of the molecule is CC(=O)N/C=C/[S+]([O-])C1=C(C(=O)O)N2C(=O)[C@@H](C(C)(C)O)[C@H]2C1. The number of carboxylic acids is 1. The van der Waals surface area contributed by atoms with Crippen molar-refractivity contribution in [2.75, 3.05) is 0 Å². The zero-order valence-electron chi connectivity index (χ0n) is 12.9. The number of carbonyl (C=O) groups is 3. The first-order valence-electron chi connectivity index (χ1n) is 6.92. The number of nitrogens with zero attached hydrogens (tertiary/aromatic N) is 1. The topological polar surface area (TPSA) is 130 Å². The molecule has 2 aliphatic rings. The minimum atomic E-state index is -1.79. The highest BCUT2D eigenvalue weighted by Crippen LogP contribution is 2.47. The first-order chi connectivity index (χ1) is 10.6. The van der Waals surface area contributed by atoms with Gasteiger partial charge in [-0.25, -0.2) is 4.79 Å². The minimum absolute atomic E-state index is 0.101. The van der Waals surface area contributed by atoms with Crippen LogP contribution in [-0.4, -0.2) is 49.1 Å². The van der Waals surface area contributed by atoms with Crippen LogP contribution in [-0.2, 0) is 25.6 Å². The van der Waals surface area contributed by atoms with E-state index in [1.807, 2.05) is 0 Å². The molecular weight excluding hydrogens is 324 g/mol. The normalized spacial score (nSPS) is 25.4. The number of aliphatic carboxylic acids is 1. The van der Waals surface area contributed by atoms with Gasteiger partial charge in [0.15, 0.2) is 10.6 Å². The van der Waals surface area contributed by atoms with E-state index in [0.717, 1.165) is 10.3 Å². The third kappa shape index (κ3) is 3.12. The fourth-order valence-corrected chi connectivity index (χ4v) is 3.99. The van der Waals surface area contributed by atoms with E-state index in [9.17, 15) is 29.1 Å². The van der Waals surface area contributed by atoms with E-state index in [2.05, 4.69) is 5.32 Å². The van der Waals surface area contributed by atoms with Crippen LogP contribution in [0.2, 0.25) is 0 Å². The van der Waals surface area contributed by atoms with Crippen molar-refractivity contribution in [3.05, 3.63) is 22.2 Å². The third-order valence-corrected chi connectivity index (χ3v) is 5.03. The molecule has 0 aromatic carbocycles. The van der Waals surface area contributed by atoms with Crippen molar-refractivity contribution in [2.24, 2.45) is 5.92 Å². The molecule has 3 N–H and O–H groups in total. The van der Waals surface area contributed by atoms with E-state index >= 15 is 0 Å². The summed E-state index contributed by atoms with van der Waals surface area (Å²) in [6.07, 6.45) is 1.29. The molecule has 2 rings (SSSR count). The summed E-state index contributed by atoms with van der Waals surface area (Å²) in [4.78, 5) is 35.6. The van der Waals surface area contributed by atoms with Crippen LogP contribution < -0.4 is 5.32 Å². The maximum atomic E-state index is 12.3. The highest BCUT2D eigenvalue weighted by atomic mass is 32.2. The molecule has 2 aliphatic heterocycles. The van der Waals surface area contributed by atoms with E-state index in [1.54, 1.807) is 0 Å². The molecular formula is C14H18N2O6S. The summed E-state index contributed by atoms with van der Waals surface area (Å²) < 4.78 is 12.3. The van der Waals surface area contributed by atoms with Gasteiger partial charge in [0.2, 0.25) is 11.8 Å². The van der Waals surface area contributed by atoms with Gasteiger partial charge in [-0.1, -0.05) is 0 Å². The van der Waals surface area contributed by atoms with Gasteiger partial charge in [0.1, 0.15) is 5.41 Å². The molecule has 0 aromatic rings. The molecule has 0 saturated carbocycles. The maximum Gasteiger partial charge on any atom is 0.357 e. The number of hydrogen-bond donors (Lipinski definition) is 3. The molecule has 3 atom stereocenters. The molecule has 8 nitrogen and oxygen atoms in total. The molecule has 23 heavy (non-hydrogen) atoms. The molecule has 126 valence electrons. The van der Waals surface area contributed by atoms with Gasteiger partial charge in [-0.05, 0) is 13.8 Å². The van der Waals surface area contributed by atoms with Gasteiger partial charge in [0.05, 0.1) is 23.8 Å². The van der Waals surface area contributed by atoms with Gasteiger partial charge in [0, 0.05) is 24.5 Å². The van der Waals surface area contributed by atoms with Crippen LogP contribution >= 0.6 is 0 Å². The number of nitrogens with one attached hydrogen (secondary N) is 1. The average molecular weight is 342 g/mol. The minimum Gasteiger partial charge on any atom is -0.607 e. The van der Waals surface area contributed by atoms with E-state index < -0.39 is 40.6 Å². The summed E-state index contributed by atoms with van der Waals surface area (Å²) in [5.41, 5.74) is -1.59. The Balaban J connectivity index is 2.26. The molecule has 0 aromatic heterocycles. The van der Waals surface area contributed by atoms with Gasteiger partial charge in [0.25, 0.3) is 0 Å². The van der Waals surface area contributed by atoms with Crippen LogP contribution in [0.3, 0.4) is 0 Å². The van der Waals surface area contributed by atoms with Crippen LogP contribution in [0.25, 0.3) is 0 Å². The average Bonchev–Trinajstić information content (AvgIpc) is 2.71. The number of β-lactam (4-membered cyclic amide) rings is 1. The molecule has 2 amide bonds. The first kappa shape index (κ1) is 17.5.